The lowest BCUT2D eigenvalue weighted by Gasteiger charge is -2.28. The molecule has 0 bridgehead atoms. The molecule has 1 heterocycles. The van der Waals surface area contributed by atoms with Crippen molar-refractivity contribution < 1.29 is 4.39 Å². The summed E-state index contributed by atoms with van der Waals surface area (Å²) in [6.07, 6.45) is 0. The van der Waals surface area contributed by atoms with E-state index in [0.717, 1.165) is 28.3 Å². The van der Waals surface area contributed by atoms with Crippen molar-refractivity contribution in [2.24, 2.45) is 0 Å². The standard InChI is InChI=1S/C47H33FN2/c1-47(2)41-13-7-6-12-38(41)39-26-24-36(29-42(39)47)49(35-22-18-32(48)19-23-35)34-20-15-30(16-21-34)37-27-28-44-46-40(37)25-17-31-9-8-14-43(45(31)46)50(44)33-10-4-3-5-11-33/h3-29H,1-2H3. The van der Waals surface area contributed by atoms with Crippen molar-refractivity contribution in [2.75, 3.05) is 4.90 Å². The van der Waals surface area contributed by atoms with Crippen molar-refractivity contribution >= 4 is 49.6 Å². The summed E-state index contributed by atoms with van der Waals surface area (Å²) in [5.74, 6) is -0.247. The van der Waals surface area contributed by atoms with Crippen LogP contribution in [-0.4, -0.2) is 4.57 Å². The summed E-state index contributed by atoms with van der Waals surface area (Å²) in [7, 11) is 0. The number of para-hydroxylation sites is 1. The molecule has 0 spiro atoms. The van der Waals surface area contributed by atoms with Gasteiger partial charge in [-0.05, 0) is 117 Å². The third-order valence-corrected chi connectivity index (χ3v) is 10.8. The Kier molecular flexibility index (Phi) is 6.13. The predicted octanol–water partition coefficient (Wildman–Crippen LogP) is 13.0. The van der Waals surface area contributed by atoms with E-state index in [9.17, 15) is 4.39 Å². The summed E-state index contributed by atoms with van der Waals surface area (Å²) in [5.41, 5.74) is 14.0. The van der Waals surface area contributed by atoms with Crippen LogP contribution < -0.4 is 4.90 Å². The van der Waals surface area contributed by atoms with Crippen molar-refractivity contribution in [3.05, 3.63) is 181 Å². The Labute approximate surface area is 290 Å². The van der Waals surface area contributed by atoms with Gasteiger partial charge in [0, 0.05) is 38.9 Å². The third kappa shape index (κ3) is 4.13. The zero-order chi connectivity index (χ0) is 33.6. The molecule has 1 aromatic heterocycles. The number of nitrogens with zero attached hydrogens (tertiary/aromatic N) is 2. The van der Waals surface area contributed by atoms with Crippen molar-refractivity contribution in [1.82, 2.24) is 4.57 Å². The molecule has 8 aromatic carbocycles. The molecule has 3 heteroatoms. The molecule has 0 N–H and O–H groups in total. The van der Waals surface area contributed by atoms with Gasteiger partial charge >= 0.3 is 0 Å². The van der Waals surface area contributed by atoms with Crippen LogP contribution in [0.25, 0.3) is 60.5 Å². The van der Waals surface area contributed by atoms with E-state index in [2.05, 4.69) is 163 Å². The van der Waals surface area contributed by atoms with E-state index in [-0.39, 0.29) is 11.2 Å². The fraction of sp³-hybridized carbons (Fsp3) is 0.0638. The van der Waals surface area contributed by atoms with Crippen molar-refractivity contribution in [3.63, 3.8) is 0 Å². The first-order valence-electron chi connectivity index (χ1n) is 17.2. The van der Waals surface area contributed by atoms with E-state index in [1.807, 2.05) is 12.1 Å². The van der Waals surface area contributed by atoms with E-state index < -0.39 is 0 Å². The van der Waals surface area contributed by atoms with Crippen LogP contribution in [0, 0.1) is 5.82 Å². The van der Waals surface area contributed by atoms with Gasteiger partial charge in [-0.15, -0.1) is 0 Å². The van der Waals surface area contributed by atoms with Crippen LogP contribution in [0.4, 0.5) is 21.5 Å². The number of aromatic nitrogens is 1. The highest BCUT2D eigenvalue weighted by atomic mass is 19.1. The van der Waals surface area contributed by atoms with E-state index in [1.54, 1.807) is 0 Å². The van der Waals surface area contributed by atoms with Crippen molar-refractivity contribution in [3.8, 4) is 27.9 Å². The Balaban J connectivity index is 1.11. The maximum absolute atomic E-state index is 14.2. The largest absolute Gasteiger partial charge is 0.310 e. The molecule has 2 nitrogen and oxygen atoms in total. The topological polar surface area (TPSA) is 8.17 Å². The lowest BCUT2D eigenvalue weighted by atomic mass is 9.82. The van der Waals surface area contributed by atoms with Crippen LogP contribution in [0.15, 0.2) is 164 Å². The fourth-order valence-corrected chi connectivity index (χ4v) is 8.45. The van der Waals surface area contributed by atoms with Crippen LogP contribution in [0.5, 0.6) is 0 Å². The van der Waals surface area contributed by atoms with Gasteiger partial charge in [0.05, 0.1) is 11.0 Å². The van der Waals surface area contributed by atoms with Crippen LogP contribution >= 0.6 is 0 Å². The molecule has 238 valence electrons. The van der Waals surface area contributed by atoms with Crippen LogP contribution in [0.1, 0.15) is 25.0 Å². The first-order valence-corrected chi connectivity index (χ1v) is 17.2. The van der Waals surface area contributed by atoms with E-state index >= 15 is 0 Å². The van der Waals surface area contributed by atoms with Gasteiger partial charge in [-0.3, -0.25) is 0 Å². The first kappa shape index (κ1) is 28.8. The summed E-state index contributed by atoms with van der Waals surface area (Å²) >= 11 is 0. The summed E-state index contributed by atoms with van der Waals surface area (Å²) in [6.45, 7) is 4.60. The quantitative estimate of drug-likeness (QED) is 0.169. The van der Waals surface area contributed by atoms with Gasteiger partial charge in [0.15, 0.2) is 0 Å². The Morgan fingerprint density at radius 2 is 1.16 bits per heavy atom. The zero-order valence-electron chi connectivity index (χ0n) is 27.9. The SMILES string of the molecule is CC1(C)c2ccccc2-c2ccc(N(c3ccc(F)cc3)c3ccc(-c4ccc5c6c4ccc4cccc(c46)n5-c4ccccc4)cc3)cc21. The first-order chi connectivity index (χ1) is 24.5. The number of anilines is 3. The number of hydrogen-bond acceptors (Lipinski definition) is 1. The minimum Gasteiger partial charge on any atom is -0.310 e. The summed E-state index contributed by atoms with van der Waals surface area (Å²) in [6, 6.07) is 57.3. The fourth-order valence-electron chi connectivity index (χ4n) is 8.45. The third-order valence-electron chi connectivity index (χ3n) is 10.8. The summed E-state index contributed by atoms with van der Waals surface area (Å²) < 4.78 is 16.6. The number of halogens is 1. The smallest absolute Gasteiger partial charge is 0.123 e. The van der Waals surface area contributed by atoms with E-state index in [1.165, 1.54) is 72.5 Å². The highest BCUT2D eigenvalue weighted by Gasteiger charge is 2.35. The molecular weight excluding hydrogens is 612 g/mol. The monoisotopic (exact) mass is 644 g/mol. The Bertz CT molecular complexity index is 2720. The highest BCUT2D eigenvalue weighted by molar-refractivity contribution is 6.26. The maximum Gasteiger partial charge on any atom is 0.123 e. The second kappa shape index (κ2) is 10.7. The van der Waals surface area contributed by atoms with E-state index in [4.69, 9.17) is 0 Å². The minimum absolute atomic E-state index is 0.128. The molecule has 50 heavy (non-hydrogen) atoms. The van der Waals surface area contributed by atoms with Gasteiger partial charge in [-0.1, -0.05) is 105 Å². The number of hydrogen-bond donors (Lipinski definition) is 0. The zero-order valence-corrected chi connectivity index (χ0v) is 27.9. The van der Waals surface area contributed by atoms with Gasteiger partial charge in [0.25, 0.3) is 0 Å². The van der Waals surface area contributed by atoms with Gasteiger partial charge in [0.2, 0.25) is 0 Å². The van der Waals surface area contributed by atoms with Gasteiger partial charge < -0.3 is 9.47 Å². The maximum atomic E-state index is 14.2. The molecule has 9 aromatic rings. The van der Waals surface area contributed by atoms with Crippen LogP contribution in [0.3, 0.4) is 0 Å². The number of rotatable bonds is 5. The van der Waals surface area contributed by atoms with E-state index in [0.29, 0.717) is 0 Å². The average molecular weight is 645 g/mol. The van der Waals surface area contributed by atoms with Gasteiger partial charge in [0.1, 0.15) is 5.82 Å². The molecular formula is C47H33FN2. The molecule has 0 aliphatic heterocycles. The summed E-state index contributed by atoms with van der Waals surface area (Å²) in [5, 5.41) is 5.08. The molecule has 0 fully saturated rings. The predicted molar refractivity (Wildman–Crippen MR) is 207 cm³/mol. The lowest BCUT2D eigenvalue weighted by Crippen LogP contribution is -2.16. The molecule has 1 aliphatic carbocycles. The number of fused-ring (bicyclic) bond motifs is 3. The molecule has 0 saturated heterocycles. The normalized spacial score (nSPS) is 13.3. The Morgan fingerprint density at radius 3 is 1.96 bits per heavy atom. The van der Waals surface area contributed by atoms with Crippen LogP contribution in [0.2, 0.25) is 0 Å². The van der Waals surface area contributed by atoms with Crippen LogP contribution in [-0.2, 0) is 5.41 Å². The minimum atomic E-state index is -0.247. The van der Waals surface area contributed by atoms with Gasteiger partial charge in [-0.2, -0.15) is 0 Å². The Hall–Kier alpha value is -6.19. The molecule has 0 atom stereocenters. The summed E-state index contributed by atoms with van der Waals surface area (Å²) in [4.78, 5) is 2.23. The second-order valence-electron chi connectivity index (χ2n) is 13.9. The lowest BCUT2D eigenvalue weighted by molar-refractivity contribution is 0.628. The Morgan fingerprint density at radius 1 is 0.500 bits per heavy atom. The molecule has 0 radical (unpaired) electrons. The average Bonchev–Trinajstić information content (AvgIpc) is 3.62. The molecule has 0 amide bonds. The van der Waals surface area contributed by atoms with Crippen molar-refractivity contribution in [1.29, 1.82) is 0 Å². The molecule has 10 rings (SSSR count). The molecule has 1 aliphatic rings. The molecule has 0 unspecified atom stereocenters. The van der Waals surface area contributed by atoms with Gasteiger partial charge in [-0.25, -0.2) is 4.39 Å². The number of benzene rings is 8. The highest BCUT2D eigenvalue weighted by Crippen LogP contribution is 2.51. The van der Waals surface area contributed by atoms with Crippen molar-refractivity contribution in [2.45, 2.75) is 19.3 Å². The molecule has 0 saturated carbocycles. The second-order valence-corrected chi connectivity index (χ2v) is 13.9.